The Morgan fingerprint density at radius 2 is 1.84 bits per heavy atom. The van der Waals surface area contributed by atoms with Gasteiger partial charge in [-0.05, 0) is 44.2 Å². The van der Waals surface area contributed by atoms with Crippen LogP contribution in [0.1, 0.15) is 24.2 Å². The van der Waals surface area contributed by atoms with Crippen molar-refractivity contribution in [1.29, 1.82) is 0 Å². The third kappa shape index (κ3) is 7.76. The molecule has 0 aliphatic heterocycles. The number of fused-ring (bicyclic) bond motifs is 2. The molecular weight excluding hydrogens is 513 g/mol. The Morgan fingerprint density at radius 3 is 2.46 bits per heavy atom. The molecule has 4 rings (SSSR count). The van der Waals surface area contributed by atoms with Crippen LogP contribution in [0.25, 0.3) is 21.3 Å². The number of rotatable bonds is 7. The summed E-state index contributed by atoms with van der Waals surface area (Å²) in [5.74, 6) is -0.187. The van der Waals surface area contributed by atoms with E-state index in [4.69, 9.17) is 10.8 Å². The van der Waals surface area contributed by atoms with Crippen LogP contribution in [0.2, 0.25) is 0 Å². The van der Waals surface area contributed by atoms with Crippen LogP contribution in [-0.2, 0) is 7.05 Å². The Kier molecular flexibility index (Phi) is 8.91. The maximum Gasteiger partial charge on any atom is 0.573 e. The maximum absolute atomic E-state index is 12.4. The number of aliphatic hydroxyl groups excluding tert-OH is 2. The first kappa shape index (κ1) is 28.1. The normalized spacial score (nSPS) is 13.1. The van der Waals surface area contributed by atoms with Crippen molar-refractivity contribution in [3.05, 3.63) is 42.0 Å². The molecule has 6 N–H and O–H groups in total. The highest BCUT2D eigenvalue weighted by Crippen LogP contribution is 2.33. The first-order valence-corrected chi connectivity index (χ1v) is 11.9. The number of benzene rings is 2. The molecule has 2 aromatic carbocycles. The van der Waals surface area contributed by atoms with Gasteiger partial charge in [-0.1, -0.05) is 11.3 Å². The second-order valence-corrected chi connectivity index (χ2v) is 9.19. The lowest BCUT2D eigenvalue weighted by molar-refractivity contribution is -0.274. The van der Waals surface area contributed by atoms with Crippen molar-refractivity contribution in [3.63, 3.8) is 0 Å². The number of aromatic nitrogens is 3. The van der Waals surface area contributed by atoms with Gasteiger partial charge in [0.25, 0.3) is 5.91 Å². The molecule has 2 atom stereocenters. The molecule has 37 heavy (non-hydrogen) atoms. The first-order valence-electron chi connectivity index (χ1n) is 11.1. The molecule has 4 aromatic rings. The van der Waals surface area contributed by atoms with Gasteiger partial charge in [-0.25, -0.2) is 9.97 Å². The third-order valence-corrected chi connectivity index (χ3v) is 5.79. The standard InChI is InChI=1S/C20H18F3N5O3S.C3H9NO/c1-10(29)9-24-17(30)11-3-6-15-14(7-11)25-18(28(15)2)27-19-26-13-5-4-12(8-16(13)32-19)31-20(21,22)23;1-3(5)2-4/h3-8,10,29H,9H2,1-2H3,(H,24,30)(H,25,26,27);3,5H,2,4H2,1H3. The fourth-order valence-corrected chi connectivity index (χ4v) is 3.93. The van der Waals surface area contributed by atoms with Crippen molar-refractivity contribution >= 4 is 49.6 Å². The second kappa shape index (κ2) is 11.7. The van der Waals surface area contributed by atoms with Gasteiger partial charge in [0.05, 0.1) is 33.5 Å². The molecule has 0 radical (unpaired) electrons. The smallest absolute Gasteiger partial charge is 0.406 e. The van der Waals surface area contributed by atoms with Gasteiger partial charge in [0.2, 0.25) is 5.95 Å². The molecule has 0 aliphatic carbocycles. The number of carbonyl (C=O) groups excluding carboxylic acids is 1. The summed E-state index contributed by atoms with van der Waals surface area (Å²) in [6.07, 6.45) is -5.76. The summed E-state index contributed by atoms with van der Waals surface area (Å²) in [6.45, 7) is 3.73. The number of halogens is 3. The van der Waals surface area contributed by atoms with E-state index in [1.54, 1.807) is 43.7 Å². The molecule has 0 saturated carbocycles. The van der Waals surface area contributed by atoms with Crippen molar-refractivity contribution in [3.8, 4) is 5.75 Å². The lowest BCUT2D eigenvalue weighted by atomic mass is 10.2. The van der Waals surface area contributed by atoms with Crippen LogP contribution in [0, 0.1) is 0 Å². The fourth-order valence-electron chi connectivity index (χ4n) is 3.05. The molecule has 10 nitrogen and oxygen atoms in total. The summed E-state index contributed by atoms with van der Waals surface area (Å²) < 4.78 is 43.6. The minimum atomic E-state index is -4.77. The monoisotopic (exact) mass is 540 g/mol. The third-order valence-electron chi connectivity index (χ3n) is 4.85. The quantitative estimate of drug-likeness (QED) is 0.240. The van der Waals surface area contributed by atoms with E-state index in [0.717, 1.165) is 16.9 Å². The van der Waals surface area contributed by atoms with Crippen LogP contribution in [0.5, 0.6) is 5.75 Å². The SMILES string of the molecule is CC(O)CN.CC(O)CNC(=O)c1ccc2c(c1)nc(Nc1nc3ccc(OC(F)(F)F)cc3s1)n2C. The molecule has 2 unspecified atom stereocenters. The number of hydrogen-bond acceptors (Lipinski definition) is 9. The number of anilines is 2. The molecule has 0 bridgehead atoms. The van der Waals surface area contributed by atoms with Crippen LogP contribution < -0.4 is 21.1 Å². The molecule has 200 valence electrons. The molecule has 14 heteroatoms. The fraction of sp³-hybridized carbons (Fsp3) is 0.348. The van der Waals surface area contributed by atoms with Crippen molar-refractivity contribution < 1.29 is 32.9 Å². The van der Waals surface area contributed by atoms with Gasteiger partial charge in [0.1, 0.15) is 5.75 Å². The van der Waals surface area contributed by atoms with E-state index in [-0.39, 0.29) is 24.3 Å². The number of alkyl halides is 3. The van der Waals surface area contributed by atoms with Crippen LogP contribution in [-0.4, -0.2) is 62.3 Å². The molecule has 2 heterocycles. The van der Waals surface area contributed by atoms with Crippen molar-refractivity contribution in [2.24, 2.45) is 12.8 Å². The number of amides is 1. The first-order chi connectivity index (χ1) is 17.4. The Bertz CT molecular complexity index is 1370. The molecule has 0 saturated heterocycles. The summed E-state index contributed by atoms with van der Waals surface area (Å²) in [5.41, 5.74) is 7.18. The van der Waals surface area contributed by atoms with Crippen LogP contribution in [0.3, 0.4) is 0 Å². The number of carbonyl (C=O) groups is 1. The highest BCUT2D eigenvalue weighted by atomic mass is 32.1. The van der Waals surface area contributed by atoms with E-state index in [9.17, 15) is 23.1 Å². The average molecular weight is 541 g/mol. The zero-order valence-electron chi connectivity index (χ0n) is 20.2. The Morgan fingerprint density at radius 1 is 1.14 bits per heavy atom. The molecular formula is C23H27F3N6O4S. The number of hydrogen-bond donors (Lipinski definition) is 5. The Hall–Kier alpha value is -3.46. The van der Waals surface area contributed by atoms with E-state index in [2.05, 4.69) is 25.3 Å². The molecule has 0 spiro atoms. The molecule has 0 aliphatic rings. The van der Waals surface area contributed by atoms with E-state index < -0.39 is 12.5 Å². The molecule has 0 fully saturated rings. The lowest BCUT2D eigenvalue weighted by Crippen LogP contribution is -2.30. The van der Waals surface area contributed by atoms with Gasteiger partial charge in [-0.2, -0.15) is 0 Å². The minimum absolute atomic E-state index is 0.138. The predicted molar refractivity (Wildman–Crippen MR) is 135 cm³/mol. The zero-order valence-corrected chi connectivity index (χ0v) is 21.0. The van der Waals surface area contributed by atoms with Gasteiger partial charge >= 0.3 is 6.36 Å². The summed E-state index contributed by atoms with van der Waals surface area (Å²) in [7, 11) is 1.79. The van der Waals surface area contributed by atoms with Crippen LogP contribution in [0.4, 0.5) is 24.3 Å². The number of nitrogens with two attached hydrogens (primary N) is 1. The van der Waals surface area contributed by atoms with Gasteiger partial charge in [-0.15, -0.1) is 13.2 Å². The summed E-state index contributed by atoms with van der Waals surface area (Å²) in [4.78, 5) is 21.1. The highest BCUT2D eigenvalue weighted by molar-refractivity contribution is 7.22. The van der Waals surface area contributed by atoms with E-state index in [0.29, 0.717) is 38.9 Å². The van der Waals surface area contributed by atoms with Gasteiger partial charge < -0.3 is 35.9 Å². The van der Waals surface area contributed by atoms with Gasteiger partial charge in [-0.3, -0.25) is 4.79 Å². The second-order valence-electron chi connectivity index (χ2n) is 8.16. The Balaban J connectivity index is 0.000000695. The maximum atomic E-state index is 12.4. The van der Waals surface area contributed by atoms with Crippen molar-refractivity contribution in [1.82, 2.24) is 19.9 Å². The van der Waals surface area contributed by atoms with E-state index in [1.165, 1.54) is 18.2 Å². The minimum Gasteiger partial charge on any atom is -0.406 e. The summed E-state index contributed by atoms with van der Waals surface area (Å²) in [6, 6.07) is 8.98. The van der Waals surface area contributed by atoms with Gasteiger partial charge in [0, 0.05) is 31.8 Å². The highest BCUT2D eigenvalue weighted by Gasteiger charge is 2.31. The van der Waals surface area contributed by atoms with Gasteiger partial charge in [0.15, 0.2) is 5.13 Å². The van der Waals surface area contributed by atoms with E-state index >= 15 is 0 Å². The zero-order chi connectivity index (χ0) is 27.3. The number of aryl methyl sites for hydroxylation is 1. The molecule has 2 aromatic heterocycles. The van der Waals surface area contributed by atoms with E-state index in [1.807, 2.05) is 0 Å². The summed E-state index contributed by atoms with van der Waals surface area (Å²) in [5, 5.41) is 23.7. The largest absolute Gasteiger partial charge is 0.573 e. The van der Waals surface area contributed by atoms with Crippen molar-refractivity contribution in [2.75, 3.05) is 18.4 Å². The predicted octanol–water partition coefficient (Wildman–Crippen LogP) is 3.26. The number of nitrogens with one attached hydrogen (secondary N) is 2. The van der Waals surface area contributed by atoms with Crippen LogP contribution in [0.15, 0.2) is 36.4 Å². The van der Waals surface area contributed by atoms with Crippen molar-refractivity contribution in [2.45, 2.75) is 32.4 Å². The number of thiazole rings is 1. The topological polar surface area (TPSA) is 148 Å². The number of aliphatic hydroxyl groups is 2. The molecule has 1 amide bonds. The average Bonchev–Trinajstić information content (AvgIpc) is 3.36. The Labute approximate surface area is 213 Å². The lowest BCUT2D eigenvalue weighted by Gasteiger charge is -2.07. The number of ether oxygens (including phenoxy) is 1. The van der Waals surface area contributed by atoms with Crippen LogP contribution >= 0.6 is 11.3 Å². The number of nitrogens with zero attached hydrogens (tertiary/aromatic N) is 3. The number of imidazole rings is 1. The summed E-state index contributed by atoms with van der Waals surface area (Å²) >= 11 is 1.16.